The number of hydrogen-bond acceptors (Lipinski definition) is 6. The van der Waals surface area contributed by atoms with Crippen molar-refractivity contribution in [2.75, 3.05) is 18.5 Å². The van der Waals surface area contributed by atoms with Crippen LogP contribution in [0.4, 0.5) is 5.13 Å². The highest BCUT2D eigenvalue weighted by atomic mass is 32.1. The molecule has 0 amide bonds. The Balaban J connectivity index is 1.65. The fraction of sp³-hybridized carbons (Fsp3) is 0.444. The van der Waals surface area contributed by atoms with Crippen LogP contribution in [0.2, 0.25) is 0 Å². The van der Waals surface area contributed by atoms with E-state index in [0.29, 0.717) is 23.8 Å². The minimum Gasteiger partial charge on any atom is -0.462 e. The standard InChI is InChI=1S/C18H22N2O3S/c1-3-22-17(21)16-12(2)19-18(24-16)20-14-9-10-23-15(11-14)13-7-5-4-6-8-13/h4-8,14-15H,3,9-11H2,1-2H3,(H,19,20). The monoisotopic (exact) mass is 346 g/mol. The Kier molecular flexibility index (Phi) is 5.48. The fourth-order valence-electron chi connectivity index (χ4n) is 2.85. The van der Waals surface area contributed by atoms with Crippen molar-refractivity contribution >= 4 is 22.4 Å². The molecule has 2 aromatic rings. The molecule has 1 aliphatic heterocycles. The Labute approximate surface area is 146 Å². The van der Waals surface area contributed by atoms with Crippen molar-refractivity contribution in [3.63, 3.8) is 0 Å². The molecule has 0 saturated carbocycles. The number of nitrogens with zero attached hydrogens (tertiary/aromatic N) is 1. The van der Waals surface area contributed by atoms with Gasteiger partial charge in [-0.05, 0) is 32.3 Å². The van der Waals surface area contributed by atoms with E-state index in [0.717, 1.165) is 18.0 Å². The zero-order valence-corrected chi connectivity index (χ0v) is 14.8. The topological polar surface area (TPSA) is 60.5 Å². The zero-order valence-electron chi connectivity index (χ0n) is 14.0. The van der Waals surface area contributed by atoms with Crippen molar-refractivity contribution < 1.29 is 14.3 Å². The molecule has 0 spiro atoms. The van der Waals surface area contributed by atoms with Gasteiger partial charge in [-0.2, -0.15) is 0 Å². The summed E-state index contributed by atoms with van der Waals surface area (Å²) in [6.07, 6.45) is 1.91. The van der Waals surface area contributed by atoms with Gasteiger partial charge in [0, 0.05) is 12.6 Å². The predicted molar refractivity (Wildman–Crippen MR) is 94.6 cm³/mol. The summed E-state index contributed by atoms with van der Waals surface area (Å²) in [5.41, 5.74) is 1.92. The summed E-state index contributed by atoms with van der Waals surface area (Å²) in [6.45, 7) is 4.73. The first kappa shape index (κ1) is 16.9. The van der Waals surface area contributed by atoms with Gasteiger partial charge in [0.2, 0.25) is 0 Å². The summed E-state index contributed by atoms with van der Waals surface area (Å²) in [6, 6.07) is 10.6. The van der Waals surface area contributed by atoms with Gasteiger partial charge in [-0.25, -0.2) is 9.78 Å². The highest BCUT2D eigenvalue weighted by Gasteiger charge is 2.25. The number of nitrogens with one attached hydrogen (secondary N) is 1. The second kappa shape index (κ2) is 7.77. The molecule has 24 heavy (non-hydrogen) atoms. The van der Waals surface area contributed by atoms with Crippen LogP contribution in [0.5, 0.6) is 0 Å². The normalized spacial score (nSPS) is 20.6. The van der Waals surface area contributed by atoms with Crippen LogP contribution in [-0.2, 0) is 9.47 Å². The molecule has 1 fully saturated rings. The number of hydrogen-bond donors (Lipinski definition) is 1. The van der Waals surface area contributed by atoms with E-state index in [9.17, 15) is 4.79 Å². The zero-order chi connectivity index (χ0) is 16.9. The number of carbonyl (C=O) groups excluding carboxylic acids is 1. The van der Waals surface area contributed by atoms with E-state index in [1.165, 1.54) is 16.9 Å². The first-order valence-corrected chi connectivity index (χ1v) is 9.06. The van der Waals surface area contributed by atoms with Crippen molar-refractivity contribution in [2.24, 2.45) is 0 Å². The molecule has 2 heterocycles. The lowest BCUT2D eigenvalue weighted by molar-refractivity contribution is 0.00979. The number of aryl methyl sites for hydroxylation is 1. The molecular formula is C18H22N2O3S. The highest BCUT2D eigenvalue weighted by molar-refractivity contribution is 7.17. The van der Waals surface area contributed by atoms with Crippen LogP contribution in [0.15, 0.2) is 30.3 Å². The number of esters is 1. The molecule has 0 aliphatic carbocycles. The van der Waals surface area contributed by atoms with Crippen molar-refractivity contribution in [1.29, 1.82) is 0 Å². The van der Waals surface area contributed by atoms with Gasteiger partial charge >= 0.3 is 5.97 Å². The number of benzene rings is 1. The smallest absolute Gasteiger partial charge is 0.350 e. The largest absolute Gasteiger partial charge is 0.462 e. The number of ether oxygens (including phenoxy) is 2. The summed E-state index contributed by atoms with van der Waals surface area (Å²) < 4.78 is 11.0. The van der Waals surface area contributed by atoms with E-state index >= 15 is 0 Å². The van der Waals surface area contributed by atoms with Gasteiger partial charge in [0.1, 0.15) is 4.88 Å². The third-order valence-corrected chi connectivity index (χ3v) is 5.11. The molecule has 1 aliphatic rings. The van der Waals surface area contributed by atoms with Gasteiger partial charge < -0.3 is 14.8 Å². The van der Waals surface area contributed by atoms with Crippen LogP contribution in [0, 0.1) is 6.92 Å². The lowest BCUT2D eigenvalue weighted by Crippen LogP contribution is -2.30. The molecule has 6 heteroatoms. The Morgan fingerprint density at radius 1 is 1.42 bits per heavy atom. The Hall–Kier alpha value is -1.92. The third kappa shape index (κ3) is 3.94. The number of thiazole rings is 1. The third-order valence-electron chi connectivity index (χ3n) is 4.04. The minimum atomic E-state index is -0.297. The SMILES string of the molecule is CCOC(=O)c1sc(NC2CCOC(c3ccccc3)C2)nc1C. The molecule has 2 atom stereocenters. The summed E-state index contributed by atoms with van der Waals surface area (Å²) in [5.74, 6) is -0.297. The molecule has 5 nitrogen and oxygen atoms in total. The number of rotatable bonds is 5. The first-order chi connectivity index (χ1) is 11.7. The van der Waals surface area contributed by atoms with Crippen molar-refractivity contribution in [2.45, 2.75) is 38.8 Å². The van der Waals surface area contributed by atoms with Crippen LogP contribution in [0.25, 0.3) is 0 Å². The Bertz CT molecular complexity index is 687. The molecule has 3 rings (SSSR count). The second-order valence-corrected chi connectivity index (χ2v) is 6.79. The van der Waals surface area contributed by atoms with Crippen molar-refractivity contribution in [3.8, 4) is 0 Å². The van der Waals surface area contributed by atoms with Crippen molar-refractivity contribution in [3.05, 3.63) is 46.5 Å². The molecule has 1 N–H and O–H groups in total. The quantitative estimate of drug-likeness (QED) is 0.830. The highest BCUT2D eigenvalue weighted by Crippen LogP contribution is 2.31. The molecule has 1 aromatic carbocycles. The van der Waals surface area contributed by atoms with E-state index in [4.69, 9.17) is 9.47 Å². The second-order valence-electron chi connectivity index (χ2n) is 5.79. The van der Waals surface area contributed by atoms with Crippen LogP contribution < -0.4 is 5.32 Å². The van der Waals surface area contributed by atoms with E-state index in [2.05, 4.69) is 22.4 Å². The first-order valence-electron chi connectivity index (χ1n) is 8.25. The molecule has 0 radical (unpaired) electrons. The summed E-state index contributed by atoms with van der Waals surface area (Å²) in [4.78, 5) is 17.0. The molecule has 0 bridgehead atoms. The van der Waals surface area contributed by atoms with Gasteiger partial charge in [0.05, 0.1) is 18.4 Å². The van der Waals surface area contributed by atoms with Crippen LogP contribution in [-0.4, -0.2) is 30.2 Å². The van der Waals surface area contributed by atoms with Gasteiger partial charge in [-0.15, -0.1) is 0 Å². The molecule has 2 unspecified atom stereocenters. The van der Waals surface area contributed by atoms with E-state index in [1.807, 2.05) is 25.1 Å². The lowest BCUT2D eigenvalue weighted by atomic mass is 9.98. The van der Waals surface area contributed by atoms with Crippen LogP contribution in [0.1, 0.15) is 46.8 Å². The van der Waals surface area contributed by atoms with Gasteiger partial charge in [0.15, 0.2) is 5.13 Å². The maximum absolute atomic E-state index is 11.9. The molecule has 128 valence electrons. The minimum absolute atomic E-state index is 0.100. The van der Waals surface area contributed by atoms with Gasteiger partial charge in [0.25, 0.3) is 0 Å². The Morgan fingerprint density at radius 2 is 2.21 bits per heavy atom. The molecule has 1 saturated heterocycles. The average molecular weight is 346 g/mol. The lowest BCUT2D eigenvalue weighted by Gasteiger charge is -2.30. The van der Waals surface area contributed by atoms with Crippen molar-refractivity contribution in [1.82, 2.24) is 4.98 Å². The number of anilines is 1. The average Bonchev–Trinajstić information content (AvgIpc) is 2.96. The van der Waals surface area contributed by atoms with Crippen LogP contribution in [0.3, 0.4) is 0 Å². The number of carbonyl (C=O) groups is 1. The van der Waals surface area contributed by atoms with Crippen LogP contribution >= 0.6 is 11.3 Å². The summed E-state index contributed by atoms with van der Waals surface area (Å²) >= 11 is 1.36. The molecule has 1 aromatic heterocycles. The maximum atomic E-state index is 11.9. The van der Waals surface area contributed by atoms with E-state index in [-0.39, 0.29) is 18.1 Å². The fourth-order valence-corrected chi connectivity index (χ4v) is 3.78. The Morgan fingerprint density at radius 3 is 2.96 bits per heavy atom. The summed E-state index contributed by atoms with van der Waals surface area (Å²) in [5, 5.41) is 4.23. The molecular weight excluding hydrogens is 324 g/mol. The number of aromatic nitrogens is 1. The maximum Gasteiger partial charge on any atom is 0.350 e. The predicted octanol–water partition coefficient (Wildman–Crippen LogP) is 3.96. The van der Waals surface area contributed by atoms with Gasteiger partial charge in [-0.1, -0.05) is 41.7 Å². The van der Waals surface area contributed by atoms with E-state index < -0.39 is 0 Å². The summed E-state index contributed by atoms with van der Waals surface area (Å²) in [7, 11) is 0. The van der Waals surface area contributed by atoms with Gasteiger partial charge in [-0.3, -0.25) is 0 Å². The van der Waals surface area contributed by atoms with E-state index in [1.54, 1.807) is 6.92 Å².